The molecule has 100 valence electrons. The highest BCUT2D eigenvalue weighted by atomic mass is 16.2. The molecule has 0 unspecified atom stereocenters. The number of hydrogen-bond acceptors (Lipinski definition) is 1. The number of piperidine rings is 1. The summed E-state index contributed by atoms with van der Waals surface area (Å²) >= 11 is 0. The first-order valence-corrected chi connectivity index (χ1v) is 7.20. The molecule has 2 heteroatoms. The zero-order valence-electron chi connectivity index (χ0n) is 12.1. The molecule has 0 aromatic rings. The lowest BCUT2D eigenvalue weighted by atomic mass is 9.89. The van der Waals surface area contributed by atoms with Crippen molar-refractivity contribution in [2.24, 2.45) is 11.3 Å². The van der Waals surface area contributed by atoms with Gasteiger partial charge in [0.25, 0.3) is 0 Å². The fourth-order valence-corrected chi connectivity index (χ4v) is 2.52. The average molecular weight is 239 g/mol. The topological polar surface area (TPSA) is 20.3 Å². The van der Waals surface area contributed by atoms with E-state index in [9.17, 15) is 4.79 Å². The van der Waals surface area contributed by atoms with Crippen molar-refractivity contribution >= 4 is 5.91 Å². The van der Waals surface area contributed by atoms with E-state index >= 15 is 0 Å². The lowest BCUT2D eigenvalue weighted by Crippen LogP contribution is -2.38. The third-order valence-electron chi connectivity index (χ3n) is 3.75. The second kappa shape index (κ2) is 6.42. The Morgan fingerprint density at radius 3 is 2.29 bits per heavy atom. The molecular formula is C15H29NO. The van der Waals surface area contributed by atoms with Crippen LogP contribution in [0.5, 0.6) is 0 Å². The number of amides is 1. The largest absolute Gasteiger partial charge is 0.343 e. The van der Waals surface area contributed by atoms with Crippen LogP contribution in [0.3, 0.4) is 0 Å². The molecule has 1 amide bonds. The van der Waals surface area contributed by atoms with Crippen LogP contribution in [0, 0.1) is 11.3 Å². The minimum atomic E-state index is 0.274. The number of likely N-dealkylation sites (tertiary alicyclic amines) is 1. The molecule has 0 aromatic heterocycles. The minimum Gasteiger partial charge on any atom is -0.343 e. The Morgan fingerprint density at radius 2 is 1.82 bits per heavy atom. The molecule has 17 heavy (non-hydrogen) atoms. The monoisotopic (exact) mass is 239 g/mol. The molecule has 0 aliphatic carbocycles. The molecule has 1 heterocycles. The van der Waals surface area contributed by atoms with Gasteiger partial charge in [0.05, 0.1) is 0 Å². The van der Waals surface area contributed by atoms with Crippen LogP contribution in [0.4, 0.5) is 0 Å². The molecule has 1 fully saturated rings. The van der Waals surface area contributed by atoms with E-state index in [1.54, 1.807) is 0 Å². The van der Waals surface area contributed by atoms with Crippen molar-refractivity contribution in [2.45, 2.75) is 66.2 Å². The first-order chi connectivity index (χ1) is 7.92. The molecule has 2 nitrogen and oxygen atoms in total. The minimum absolute atomic E-state index is 0.274. The van der Waals surface area contributed by atoms with Crippen LogP contribution in [-0.4, -0.2) is 23.9 Å². The summed E-state index contributed by atoms with van der Waals surface area (Å²) in [5.74, 6) is 1.24. The lowest BCUT2D eigenvalue weighted by Gasteiger charge is -2.32. The Balaban J connectivity index is 2.26. The van der Waals surface area contributed by atoms with Crippen LogP contribution < -0.4 is 0 Å². The summed E-state index contributed by atoms with van der Waals surface area (Å²) in [7, 11) is 0. The molecule has 0 radical (unpaired) electrons. The first-order valence-electron chi connectivity index (χ1n) is 7.20. The number of carbonyl (C=O) groups excluding carboxylic acids is 1. The van der Waals surface area contributed by atoms with E-state index in [0.29, 0.717) is 5.91 Å². The predicted octanol–water partition coefficient (Wildman–Crippen LogP) is 3.85. The quantitative estimate of drug-likeness (QED) is 0.729. The highest BCUT2D eigenvalue weighted by Gasteiger charge is 2.23. The van der Waals surface area contributed by atoms with E-state index < -0.39 is 0 Å². The Morgan fingerprint density at radius 1 is 1.24 bits per heavy atom. The molecular weight excluding hydrogens is 210 g/mol. The van der Waals surface area contributed by atoms with Crippen LogP contribution in [0.1, 0.15) is 66.2 Å². The van der Waals surface area contributed by atoms with E-state index in [-0.39, 0.29) is 5.41 Å². The van der Waals surface area contributed by atoms with Crippen molar-refractivity contribution < 1.29 is 4.79 Å². The standard InChI is InChI=1S/C15H29NO/c1-5-6-13-8-11-16(12-9-13)14(17)7-10-15(2,3)4/h13H,5-12H2,1-4H3. The fourth-order valence-electron chi connectivity index (χ4n) is 2.52. The number of hydrogen-bond donors (Lipinski definition) is 0. The van der Waals surface area contributed by atoms with Crippen molar-refractivity contribution in [3.05, 3.63) is 0 Å². The highest BCUT2D eigenvalue weighted by molar-refractivity contribution is 5.76. The van der Waals surface area contributed by atoms with Crippen LogP contribution in [0.25, 0.3) is 0 Å². The molecule has 1 aliphatic rings. The van der Waals surface area contributed by atoms with E-state index in [0.717, 1.165) is 31.8 Å². The van der Waals surface area contributed by atoms with Gasteiger partial charge in [-0.2, -0.15) is 0 Å². The molecule has 0 spiro atoms. The van der Waals surface area contributed by atoms with Gasteiger partial charge in [-0.15, -0.1) is 0 Å². The van der Waals surface area contributed by atoms with Gasteiger partial charge in [-0.1, -0.05) is 40.5 Å². The molecule has 0 aromatic carbocycles. The molecule has 0 N–H and O–H groups in total. The van der Waals surface area contributed by atoms with Crippen molar-refractivity contribution in [1.82, 2.24) is 4.90 Å². The summed E-state index contributed by atoms with van der Waals surface area (Å²) in [6.07, 6.45) is 6.78. The van der Waals surface area contributed by atoms with Gasteiger partial charge in [0, 0.05) is 19.5 Å². The second-order valence-electron chi connectivity index (χ2n) is 6.67. The van der Waals surface area contributed by atoms with E-state index in [4.69, 9.17) is 0 Å². The number of rotatable bonds is 4. The molecule has 0 atom stereocenters. The van der Waals surface area contributed by atoms with Gasteiger partial charge in [-0.25, -0.2) is 0 Å². The molecule has 1 saturated heterocycles. The zero-order chi connectivity index (χ0) is 12.9. The number of carbonyl (C=O) groups is 1. The van der Waals surface area contributed by atoms with E-state index in [1.807, 2.05) is 0 Å². The summed E-state index contributed by atoms with van der Waals surface area (Å²) in [6, 6.07) is 0. The third-order valence-corrected chi connectivity index (χ3v) is 3.75. The smallest absolute Gasteiger partial charge is 0.222 e. The predicted molar refractivity (Wildman–Crippen MR) is 72.9 cm³/mol. The maximum absolute atomic E-state index is 12.0. The molecule has 1 rings (SSSR count). The SMILES string of the molecule is CCCC1CCN(C(=O)CCC(C)(C)C)CC1. The van der Waals surface area contributed by atoms with Crippen LogP contribution in [0.2, 0.25) is 0 Å². The van der Waals surface area contributed by atoms with Crippen LogP contribution in [-0.2, 0) is 4.79 Å². The summed E-state index contributed by atoms with van der Waals surface area (Å²) < 4.78 is 0. The van der Waals surface area contributed by atoms with Crippen molar-refractivity contribution in [3.8, 4) is 0 Å². The first kappa shape index (κ1) is 14.5. The van der Waals surface area contributed by atoms with Crippen LogP contribution in [0.15, 0.2) is 0 Å². The summed E-state index contributed by atoms with van der Waals surface area (Å²) in [4.78, 5) is 14.1. The average Bonchev–Trinajstić information content (AvgIpc) is 2.26. The summed E-state index contributed by atoms with van der Waals surface area (Å²) in [5.41, 5.74) is 0.274. The lowest BCUT2D eigenvalue weighted by molar-refractivity contribution is -0.133. The second-order valence-corrected chi connectivity index (χ2v) is 6.67. The van der Waals surface area contributed by atoms with Crippen molar-refractivity contribution in [2.75, 3.05) is 13.1 Å². The molecule has 1 aliphatic heterocycles. The highest BCUT2D eigenvalue weighted by Crippen LogP contribution is 2.24. The van der Waals surface area contributed by atoms with Gasteiger partial charge in [-0.05, 0) is 30.6 Å². The van der Waals surface area contributed by atoms with Gasteiger partial charge in [0.2, 0.25) is 5.91 Å². The Hall–Kier alpha value is -0.530. The normalized spacial score (nSPS) is 18.5. The maximum atomic E-state index is 12.0. The van der Waals surface area contributed by atoms with Crippen LogP contribution >= 0.6 is 0 Å². The van der Waals surface area contributed by atoms with E-state index in [1.165, 1.54) is 25.7 Å². The summed E-state index contributed by atoms with van der Waals surface area (Å²) in [5, 5.41) is 0. The van der Waals surface area contributed by atoms with Gasteiger partial charge in [0.15, 0.2) is 0 Å². The Bertz CT molecular complexity index is 234. The Labute approximate surface area is 107 Å². The van der Waals surface area contributed by atoms with Crippen molar-refractivity contribution in [3.63, 3.8) is 0 Å². The van der Waals surface area contributed by atoms with Gasteiger partial charge >= 0.3 is 0 Å². The summed E-state index contributed by atoms with van der Waals surface area (Å²) in [6.45, 7) is 10.8. The Kier molecular flexibility index (Phi) is 5.48. The van der Waals surface area contributed by atoms with Crippen molar-refractivity contribution in [1.29, 1.82) is 0 Å². The molecule has 0 saturated carbocycles. The fraction of sp³-hybridized carbons (Fsp3) is 0.933. The third kappa shape index (κ3) is 5.56. The van der Waals surface area contributed by atoms with Gasteiger partial charge < -0.3 is 4.90 Å². The maximum Gasteiger partial charge on any atom is 0.222 e. The van der Waals surface area contributed by atoms with Gasteiger partial charge in [-0.3, -0.25) is 4.79 Å². The zero-order valence-corrected chi connectivity index (χ0v) is 12.1. The number of nitrogens with zero attached hydrogens (tertiary/aromatic N) is 1. The molecule has 0 bridgehead atoms. The van der Waals surface area contributed by atoms with E-state index in [2.05, 4.69) is 32.6 Å². The van der Waals surface area contributed by atoms with Gasteiger partial charge in [0.1, 0.15) is 0 Å².